The van der Waals surface area contributed by atoms with Crippen LogP contribution < -0.4 is 0 Å². The molecule has 3 aromatic rings. The van der Waals surface area contributed by atoms with Crippen LogP contribution in [0.1, 0.15) is 17.1 Å². The number of carbonyl (C=O) groups is 1. The van der Waals surface area contributed by atoms with E-state index < -0.39 is 0 Å². The first kappa shape index (κ1) is 15.0. The first-order chi connectivity index (χ1) is 11.1. The molecule has 2 aromatic heterocycles. The summed E-state index contributed by atoms with van der Waals surface area (Å²) in [6.45, 7) is 2.22. The monoisotopic (exact) mass is 311 g/mol. The molecule has 0 spiro atoms. The quantitative estimate of drug-likeness (QED) is 0.724. The van der Waals surface area contributed by atoms with E-state index >= 15 is 0 Å². The van der Waals surface area contributed by atoms with Crippen LogP contribution in [0.25, 0.3) is 11.5 Å². The van der Waals surface area contributed by atoms with Crippen LogP contribution in [0.2, 0.25) is 0 Å². The van der Waals surface area contributed by atoms with E-state index in [0.29, 0.717) is 18.1 Å². The fraction of sp³-hybridized carbons (Fsp3) is 0.235. The van der Waals surface area contributed by atoms with Gasteiger partial charge in [0.25, 0.3) is 0 Å². The van der Waals surface area contributed by atoms with E-state index in [1.807, 2.05) is 43.3 Å². The minimum atomic E-state index is -0.0569. The van der Waals surface area contributed by atoms with Crippen molar-refractivity contribution in [1.29, 1.82) is 0 Å². The number of aromatic nitrogens is 2. The van der Waals surface area contributed by atoms with E-state index in [1.54, 1.807) is 11.9 Å². The van der Waals surface area contributed by atoms with Crippen molar-refractivity contribution < 1.29 is 13.7 Å². The van der Waals surface area contributed by atoms with Crippen LogP contribution in [-0.4, -0.2) is 28.0 Å². The third kappa shape index (κ3) is 3.66. The summed E-state index contributed by atoms with van der Waals surface area (Å²) in [5, 5.41) is 3.89. The molecule has 0 bridgehead atoms. The summed E-state index contributed by atoms with van der Waals surface area (Å²) in [5.74, 6) is 1.19. The van der Waals surface area contributed by atoms with E-state index in [-0.39, 0.29) is 12.3 Å². The van der Waals surface area contributed by atoms with Crippen molar-refractivity contribution in [2.45, 2.75) is 19.9 Å². The van der Waals surface area contributed by atoms with E-state index in [9.17, 15) is 4.79 Å². The highest BCUT2D eigenvalue weighted by atomic mass is 16.5. The standard InChI is InChI=1S/C17H17N3O3/c1-12-8-14(19-23-12)10-20(2)16(21)9-15-11-22-17(18-15)13-6-4-3-5-7-13/h3-8,11H,9-10H2,1-2H3. The van der Waals surface area contributed by atoms with Crippen molar-refractivity contribution >= 4 is 5.91 Å². The van der Waals surface area contributed by atoms with Gasteiger partial charge in [0.1, 0.15) is 17.7 Å². The number of benzene rings is 1. The van der Waals surface area contributed by atoms with Gasteiger partial charge in [0.05, 0.1) is 18.7 Å². The largest absolute Gasteiger partial charge is 0.444 e. The Labute approximate surface area is 133 Å². The molecule has 6 heteroatoms. The molecule has 118 valence electrons. The average Bonchev–Trinajstić information content (AvgIpc) is 3.17. The predicted molar refractivity (Wildman–Crippen MR) is 83.4 cm³/mol. The Morgan fingerprint density at radius 1 is 1.22 bits per heavy atom. The van der Waals surface area contributed by atoms with Gasteiger partial charge >= 0.3 is 0 Å². The Balaban J connectivity index is 1.63. The summed E-state index contributed by atoms with van der Waals surface area (Å²) in [4.78, 5) is 18.2. The third-order valence-corrected chi connectivity index (χ3v) is 3.41. The number of likely N-dealkylation sites (N-methyl/N-ethyl adjacent to an activating group) is 1. The number of oxazole rings is 1. The van der Waals surface area contributed by atoms with E-state index in [4.69, 9.17) is 8.94 Å². The number of rotatable bonds is 5. The molecule has 1 aromatic carbocycles. The molecule has 23 heavy (non-hydrogen) atoms. The molecule has 0 atom stereocenters. The molecule has 0 saturated carbocycles. The first-order valence-electron chi connectivity index (χ1n) is 7.28. The van der Waals surface area contributed by atoms with Crippen molar-refractivity contribution in [2.75, 3.05) is 7.05 Å². The number of aryl methyl sites for hydroxylation is 1. The van der Waals surface area contributed by atoms with Crippen LogP contribution >= 0.6 is 0 Å². The van der Waals surface area contributed by atoms with Gasteiger partial charge in [-0.2, -0.15) is 0 Å². The number of hydrogen-bond acceptors (Lipinski definition) is 5. The van der Waals surface area contributed by atoms with Gasteiger partial charge in [-0.05, 0) is 19.1 Å². The summed E-state index contributed by atoms with van der Waals surface area (Å²) in [7, 11) is 1.73. The number of hydrogen-bond donors (Lipinski definition) is 0. The second-order valence-corrected chi connectivity index (χ2v) is 5.37. The summed E-state index contributed by atoms with van der Waals surface area (Å²) < 4.78 is 10.4. The number of amides is 1. The van der Waals surface area contributed by atoms with Gasteiger partial charge < -0.3 is 13.8 Å². The van der Waals surface area contributed by atoms with Crippen LogP contribution in [0.3, 0.4) is 0 Å². The maximum Gasteiger partial charge on any atom is 0.228 e. The van der Waals surface area contributed by atoms with E-state index in [2.05, 4.69) is 10.1 Å². The van der Waals surface area contributed by atoms with Gasteiger partial charge in [-0.3, -0.25) is 4.79 Å². The molecule has 0 unspecified atom stereocenters. The number of nitrogens with zero attached hydrogens (tertiary/aromatic N) is 3. The van der Waals surface area contributed by atoms with Gasteiger partial charge in [0.15, 0.2) is 0 Å². The Bertz CT molecular complexity index is 792. The average molecular weight is 311 g/mol. The van der Waals surface area contributed by atoms with Crippen molar-refractivity contribution in [3.8, 4) is 11.5 Å². The van der Waals surface area contributed by atoms with Crippen LogP contribution in [0.15, 0.2) is 51.6 Å². The Kier molecular flexibility index (Phi) is 4.23. The van der Waals surface area contributed by atoms with Gasteiger partial charge in [-0.15, -0.1) is 0 Å². The molecule has 0 N–H and O–H groups in total. The Morgan fingerprint density at radius 3 is 2.70 bits per heavy atom. The maximum absolute atomic E-state index is 12.3. The number of carbonyl (C=O) groups excluding carboxylic acids is 1. The molecule has 1 amide bonds. The Hall–Kier alpha value is -2.89. The molecule has 0 aliphatic rings. The molecule has 0 aliphatic heterocycles. The SMILES string of the molecule is Cc1cc(CN(C)C(=O)Cc2coc(-c3ccccc3)n2)no1. The predicted octanol–water partition coefficient (Wildman–Crippen LogP) is 2.84. The lowest BCUT2D eigenvalue weighted by Gasteiger charge is -2.14. The van der Waals surface area contributed by atoms with Crippen molar-refractivity contribution in [1.82, 2.24) is 15.0 Å². The minimum absolute atomic E-state index is 0.0569. The molecule has 0 saturated heterocycles. The van der Waals surface area contributed by atoms with Crippen LogP contribution in [0, 0.1) is 6.92 Å². The minimum Gasteiger partial charge on any atom is -0.444 e. The zero-order valence-corrected chi connectivity index (χ0v) is 13.0. The van der Waals surface area contributed by atoms with Crippen LogP contribution in [-0.2, 0) is 17.8 Å². The zero-order chi connectivity index (χ0) is 16.2. The molecule has 2 heterocycles. The molecule has 3 rings (SSSR count). The van der Waals surface area contributed by atoms with Gasteiger partial charge in [0.2, 0.25) is 11.8 Å². The molecule has 0 fully saturated rings. The van der Waals surface area contributed by atoms with Gasteiger partial charge in [0, 0.05) is 18.7 Å². The molecule has 6 nitrogen and oxygen atoms in total. The maximum atomic E-state index is 12.3. The topological polar surface area (TPSA) is 72.4 Å². The highest BCUT2D eigenvalue weighted by molar-refractivity contribution is 5.78. The van der Waals surface area contributed by atoms with Crippen LogP contribution in [0.4, 0.5) is 0 Å². The molecular formula is C17H17N3O3. The molecule has 0 aliphatic carbocycles. The zero-order valence-electron chi connectivity index (χ0n) is 13.0. The van der Waals surface area contributed by atoms with Crippen LogP contribution in [0.5, 0.6) is 0 Å². The lowest BCUT2D eigenvalue weighted by Crippen LogP contribution is -2.27. The third-order valence-electron chi connectivity index (χ3n) is 3.41. The highest BCUT2D eigenvalue weighted by Crippen LogP contribution is 2.18. The second kappa shape index (κ2) is 6.48. The fourth-order valence-electron chi connectivity index (χ4n) is 2.22. The van der Waals surface area contributed by atoms with Crippen molar-refractivity contribution in [2.24, 2.45) is 0 Å². The van der Waals surface area contributed by atoms with Gasteiger partial charge in [-0.25, -0.2) is 4.98 Å². The normalized spacial score (nSPS) is 10.7. The fourth-order valence-corrected chi connectivity index (χ4v) is 2.22. The van der Waals surface area contributed by atoms with E-state index in [0.717, 1.165) is 17.0 Å². The smallest absolute Gasteiger partial charge is 0.228 e. The molecule has 0 radical (unpaired) electrons. The lowest BCUT2D eigenvalue weighted by atomic mass is 10.2. The van der Waals surface area contributed by atoms with E-state index in [1.165, 1.54) is 6.26 Å². The second-order valence-electron chi connectivity index (χ2n) is 5.37. The molecular weight excluding hydrogens is 294 g/mol. The summed E-state index contributed by atoms with van der Waals surface area (Å²) in [5.41, 5.74) is 2.22. The summed E-state index contributed by atoms with van der Waals surface area (Å²) in [6, 6.07) is 11.4. The lowest BCUT2D eigenvalue weighted by molar-refractivity contribution is -0.129. The van der Waals surface area contributed by atoms with Crippen molar-refractivity contribution in [3.63, 3.8) is 0 Å². The highest BCUT2D eigenvalue weighted by Gasteiger charge is 2.15. The summed E-state index contributed by atoms with van der Waals surface area (Å²) in [6.07, 6.45) is 1.71. The van der Waals surface area contributed by atoms with Crippen molar-refractivity contribution in [3.05, 3.63) is 59.8 Å². The van der Waals surface area contributed by atoms with Gasteiger partial charge in [-0.1, -0.05) is 23.4 Å². The summed E-state index contributed by atoms with van der Waals surface area (Å²) >= 11 is 0. The first-order valence-corrected chi connectivity index (χ1v) is 7.28. The Morgan fingerprint density at radius 2 is 2.00 bits per heavy atom.